The fourth-order valence-corrected chi connectivity index (χ4v) is 3.09. The summed E-state index contributed by atoms with van der Waals surface area (Å²) in [5, 5.41) is 2.91. The van der Waals surface area contributed by atoms with Crippen molar-refractivity contribution < 1.29 is 9.53 Å². The standard InChI is InChI=1S/C14H14BrNO2S/c1-18-11-4-2-3-10(7-11)8-14(17)16-9-12-5-6-13(15)19-12/h2-7H,8-9H2,1H3,(H,16,17). The highest BCUT2D eigenvalue weighted by Crippen LogP contribution is 2.21. The molecule has 19 heavy (non-hydrogen) atoms. The van der Waals surface area contributed by atoms with Crippen LogP contribution < -0.4 is 10.1 Å². The topological polar surface area (TPSA) is 38.3 Å². The second-order valence-corrected chi connectivity index (χ2v) is 6.56. The lowest BCUT2D eigenvalue weighted by atomic mass is 10.1. The van der Waals surface area contributed by atoms with Gasteiger partial charge in [-0.3, -0.25) is 4.79 Å². The molecule has 0 aliphatic heterocycles. The minimum absolute atomic E-state index is 0.0118. The molecule has 2 aromatic rings. The van der Waals surface area contributed by atoms with E-state index in [0.29, 0.717) is 13.0 Å². The Hall–Kier alpha value is -1.33. The first-order valence-electron chi connectivity index (χ1n) is 5.81. The van der Waals surface area contributed by atoms with Crippen molar-refractivity contribution >= 4 is 33.2 Å². The zero-order valence-corrected chi connectivity index (χ0v) is 12.9. The Morgan fingerprint density at radius 2 is 2.21 bits per heavy atom. The van der Waals surface area contributed by atoms with E-state index in [1.165, 1.54) is 0 Å². The van der Waals surface area contributed by atoms with E-state index in [1.807, 2.05) is 36.4 Å². The highest BCUT2D eigenvalue weighted by molar-refractivity contribution is 9.11. The Bertz CT molecular complexity index is 568. The van der Waals surface area contributed by atoms with Crippen LogP contribution in [0.3, 0.4) is 0 Å². The molecule has 1 heterocycles. The third-order valence-corrected chi connectivity index (χ3v) is 4.21. The maximum Gasteiger partial charge on any atom is 0.224 e. The Morgan fingerprint density at radius 1 is 1.37 bits per heavy atom. The predicted octanol–water partition coefficient (Wildman–Crippen LogP) is 3.38. The van der Waals surface area contributed by atoms with Gasteiger partial charge in [0.25, 0.3) is 0 Å². The van der Waals surface area contributed by atoms with Gasteiger partial charge in [0.15, 0.2) is 0 Å². The second kappa shape index (κ2) is 6.73. The van der Waals surface area contributed by atoms with Crippen molar-refractivity contribution in [2.24, 2.45) is 0 Å². The summed E-state index contributed by atoms with van der Waals surface area (Å²) in [5.74, 6) is 0.783. The van der Waals surface area contributed by atoms with E-state index < -0.39 is 0 Å². The van der Waals surface area contributed by atoms with Crippen molar-refractivity contribution in [1.29, 1.82) is 0 Å². The number of benzene rings is 1. The van der Waals surface area contributed by atoms with Crippen LogP contribution in [-0.4, -0.2) is 13.0 Å². The lowest BCUT2D eigenvalue weighted by molar-refractivity contribution is -0.120. The summed E-state index contributed by atoms with van der Waals surface area (Å²) in [5.41, 5.74) is 0.948. The minimum atomic E-state index is 0.0118. The minimum Gasteiger partial charge on any atom is -0.497 e. The molecule has 0 atom stereocenters. The van der Waals surface area contributed by atoms with E-state index in [1.54, 1.807) is 18.4 Å². The molecule has 100 valence electrons. The quantitative estimate of drug-likeness (QED) is 0.906. The lowest BCUT2D eigenvalue weighted by Crippen LogP contribution is -2.24. The average Bonchev–Trinajstić information content (AvgIpc) is 2.82. The summed E-state index contributed by atoms with van der Waals surface area (Å²) in [6.45, 7) is 0.569. The van der Waals surface area contributed by atoms with E-state index in [0.717, 1.165) is 20.0 Å². The fraction of sp³-hybridized carbons (Fsp3) is 0.214. The van der Waals surface area contributed by atoms with Gasteiger partial charge in [0.05, 0.1) is 23.9 Å². The van der Waals surface area contributed by atoms with Gasteiger partial charge in [0.1, 0.15) is 5.75 Å². The monoisotopic (exact) mass is 339 g/mol. The molecule has 0 saturated heterocycles. The molecule has 0 radical (unpaired) electrons. The summed E-state index contributed by atoms with van der Waals surface area (Å²) in [6.07, 6.45) is 0.365. The molecule has 0 unspecified atom stereocenters. The van der Waals surface area contributed by atoms with E-state index in [-0.39, 0.29) is 5.91 Å². The van der Waals surface area contributed by atoms with E-state index in [2.05, 4.69) is 21.2 Å². The number of carbonyl (C=O) groups excluding carboxylic acids is 1. The van der Waals surface area contributed by atoms with Gasteiger partial charge in [-0.2, -0.15) is 0 Å². The number of methoxy groups -OCH3 is 1. The van der Waals surface area contributed by atoms with Gasteiger partial charge in [-0.15, -0.1) is 11.3 Å². The van der Waals surface area contributed by atoms with Gasteiger partial charge in [-0.25, -0.2) is 0 Å². The normalized spacial score (nSPS) is 10.2. The van der Waals surface area contributed by atoms with Crippen LogP contribution in [0.1, 0.15) is 10.4 Å². The highest BCUT2D eigenvalue weighted by Gasteiger charge is 2.05. The molecule has 1 N–H and O–H groups in total. The lowest BCUT2D eigenvalue weighted by Gasteiger charge is -2.05. The van der Waals surface area contributed by atoms with Crippen molar-refractivity contribution in [3.63, 3.8) is 0 Å². The summed E-state index contributed by atoms with van der Waals surface area (Å²) in [4.78, 5) is 13.0. The van der Waals surface area contributed by atoms with Crippen LogP contribution in [0.5, 0.6) is 5.75 Å². The molecular formula is C14H14BrNO2S. The SMILES string of the molecule is COc1cccc(CC(=O)NCc2ccc(Br)s2)c1. The van der Waals surface area contributed by atoms with Crippen LogP contribution in [0.15, 0.2) is 40.2 Å². The molecule has 2 rings (SSSR count). The van der Waals surface area contributed by atoms with E-state index in [9.17, 15) is 4.79 Å². The first-order valence-corrected chi connectivity index (χ1v) is 7.42. The first kappa shape index (κ1) is 14.1. The summed E-state index contributed by atoms with van der Waals surface area (Å²) >= 11 is 5.02. The van der Waals surface area contributed by atoms with Gasteiger partial charge in [0, 0.05) is 4.88 Å². The molecule has 0 aliphatic rings. The van der Waals surface area contributed by atoms with Crippen LogP contribution in [0.25, 0.3) is 0 Å². The molecular weight excluding hydrogens is 326 g/mol. The third kappa shape index (κ3) is 4.36. The summed E-state index contributed by atoms with van der Waals surface area (Å²) in [6, 6.07) is 11.5. The molecule has 0 spiro atoms. The van der Waals surface area contributed by atoms with Gasteiger partial charge < -0.3 is 10.1 Å². The van der Waals surface area contributed by atoms with Gasteiger partial charge in [0.2, 0.25) is 5.91 Å². The van der Waals surface area contributed by atoms with Crippen molar-refractivity contribution in [2.75, 3.05) is 7.11 Å². The highest BCUT2D eigenvalue weighted by atomic mass is 79.9. The zero-order valence-electron chi connectivity index (χ0n) is 10.5. The number of thiophene rings is 1. The summed E-state index contributed by atoms with van der Waals surface area (Å²) in [7, 11) is 1.62. The van der Waals surface area contributed by atoms with Crippen LogP contribution in [0, 0.1) is 0 Å². The molecule has 1 aromatic carbocycles. The van der Waals surface area contributed by atoms with Crippen LogP contribution >= 0.6 is 27.3 Å². The van der Waals surface area contributed by atoms with Crippen molar-refractivity contribution in [2.45, 2.75) is 13.0 Å². The molecule has 0 saturated carbocycles. The molecule has 0 bridgehead atoms. The molecule has 1 amide bonds. The fourth-order valence-electron chi connectivity index (χ4n) is 1.66. The smallest absolute Gasteiger partial charge is 0.224 e. The Kier molecular flexibility index (Phi) is 4.99. The molecule has 3 nitrogen and oxygen atoms in total. The van der Waals surface area contributed by atoms with Gasteiger partial charge in [-0.05, 0) is 45.8 Å². The first-order chi connectivity index (χ1) is 9.17. The zero-order chi connectivity index (χ0) is 13.7. The number of hydrogen-bond donors (Lipinski definition) is 1. The molecule has 1 aromatic heterocycles. The van der Waals surface area contributed by atoms with E-state index in [4.69, 9.17) is 4.74 Å². The Labute approximate surface area is 124 Å². The second-order valence-electron chi connectivity index (χ2n) is 4.01. The number of rotatable bonds is 5. The van der Waals surface area contributed by atoms with Crippen molar-refractivity contribution in [1.82, 2.24) is 5.32 Å². The molecule has 0 aliphatic carbocycles. The van der Waals surface area contributed by atoms with Crippen molar-refractivity contribution in [3.05, 3.63) is 50.6 Å². The average molecular weight is 340 g/mol. The number of halogens is 1. The Morgan fingerprint density at radius 3 is 2.89 bits per heavy atom. The number of ether oxygens (including phenoxy) is 1. The maximum atomic E-state index is 11.8. The predicted molar refractivity (Wildman–Crippen MR) is 80.6 cm³/mol. The van der Waals surface area contributed by atoms with Gasteiger partial charge >= 0.3 is 0 Å². The summed E-state index contributed by atoms with van der Waals surface area (Å²) < 4.78 is 6.21. The number of amides is 1. The number of carbonyl (C=O) groups is 1. The number of hydrogen-bond acceptors (Lipinski definition) is 3. The van der Waals surface area contributed by atoms with Crippen molar-refractivity contribution in [3.8, 4) is 5.75 Å². The van der Waals surface area contributed by atoms with Crippen LogP contribution in [0.2, 0.25) is 0 Å². The number of nitrogens with one attached hydrogen (secondary N) is 1. The largest absolute Gasteiger partial charge is 0.497 e. The van der Waals surface area contributed by atoms with Crippen LogP contribution in [0.4, 0.5) is 0 Å². The third-order valence-electron chi connectivity index (χ3n) is 2.59. The maximum absolute atomic E-state index is 11.8. The van der Waals surface area contributed by atoms with Crippen LogP contribution in [-0.2, 0) is 17.8 Å². The Balaban J connectivity index is 1.86. The van der Waals surface area contributed by atoms with Gasteiger partial charge in [-0.1, -0.05) is 12.1 Å². The molecule has 0 fully saturated rings. The molecule has 5 heteroatoms. The van der Waals surface area contributed by atoms with E-state index >= 15 is 0 Å².